The van der Waals surface area contributed by atoms with E-state index >= 15 is 0 Å². The summed E-state index contributed by atoms with van der Waals surface area (Å²) in [5.74, 6) is -1.51. The molecular formula is C14H17NO4S. The highest BCUT2D eigenvalue weighted by Gasteiger charge is 2.22. The molecule has 0 saturated carbocycles. The number of benzene rings is 1. The van der Waals surface area contributed by atoms with Crippen molar-refractivity contribution in [3.63, 3.8) is 0 Å². The number of amides is 1. The second kappa shape index (κ2) is 7.69. The molecule has 1 atom stereocenters. The Morgan fingerprint density at radius 2 is 1.85 bits per heavy atom. The smallest absolute Gasteiger partial charge is 0.327 e. The molecule has 0 aromatic heterocycles. The standard InChI is InChI=1S/C14H17NO4S/c1-3-12(16)9-6-4-5-7-10(9)13(17)15-11(8-20-2)14(18)19/h4-7,11H,3,8H2,1-2H3,(H,15,17)(H,18,19). The maximum atomic E-state index is 12.1. The Kier molecular flexibility index (Phi) is 6.24. The number of hydrogen-bond acceptors (Lipinski definition) is 4. The van der Waals surface area contributed by atoms with Crippen molar-refractivity contribution in [1.29, 1.82) is 0 Å². The zero-order chi connectivity index (χ0) is 15.1. The van der Waals surface area contributed by atoms with Crippen LogP contribution in [0.4, 0.5) is 0 Å². The zero-order valence-corrected chi connectivity index (χ0v) is 12.2. The van der Waals surface area contributed by atoms with E-state index in [1.54, 1.807) is 31.4 Å². The predicted molar refractivity (Wildman–Crippen MR) is 78.3 cm³/mol. The van der Waals surface area contributed by atoms with Crippen LogP contribution in [0.1, 0.15) is 34.1 Å². The second-order valence-corrected chi connectivity index (χ2v) is 5.05. The van der Waals surface area contributed by atoms with Gasteiger partial charge in [-0.25, -0.2) is 4.79 Å². The largest absolute Gasteiger partial charge is 0.480 e. The van der Waals surface area contributed by atoms with Crippen LogP contribution in [0.25, 0.3) is 0 Å². The first-order chi connectivity index (χ1) is 9.51. The third kappa shape index (κ3) is 4.09. The number of carboxylic acids is 1. The van der Waals surface area contributed by atoms with E-state index in [0.29, 0.717) is 5.56 Å². The molecule has 6 heteroatoms. The molecule has 0 saturated heterocycles. The summed E-state index contributed by atoms with van der Waals surface area (Å²) < 4.78 is 0. The first kappa shape index (κ1) is 16.2. The van der Waals surface area contributed by atoms with Crippen LogP contribution >= 0.6 is 11.8 Å². The minimum atomic E-state index is -1.09. The number of nitrogens with one attached hydrogen (secondary N) is 1. The lowest BCUT2D eigenvalue weighted by atomic mass is 10.0. The minimum Gasteiger partial charge on any atom is -0.480 e. The third-order valence-electron chi connectivity index (χ3n) is 2.73. The van der Waals surface area contributed by atoms with Crippen LogP contribution in [-0.4, -0.2) is 40.8 Å². The monoisotopic (exact) mass is 295 g/mol. The fourth-order valence-corrected chi connectivity index (χ4v) is 2.25. The van der Waals surface area contributed by atoms with Gasteiger partial charge in [-0.2, -0.15) is 11.8 Å². The summed E-state index contributed by atoms with van der Waals surface area (Å²) in [6.45, 7) is 1.71. The molecule has 0 bridgehead atoms. The normalized spacial score (nSPS) is 11.7. The molecular weight excluding hydrogens is 278 g/mol. The van der Waals surface area contributed by atoms with Crippen molar-refractivity contribution in [3.8, 4) is 0 Å². The van der Waals surface area contributed by atoms with Gasteiger partial charge in [0, 0.05) is 17.7 Å². The van der Waals surface area contributed by atoms with Crippen LogP contribution in [0.2, 0.25) is 0 Å². The predicted octanol–water partition coefficient (Wildman–Crippen LogP) is 1.83. The summed E-state index contributed by atoms with van der Waals surface area (Å²) in [5.41, 5.74) is 0.535. The molecule has 108 valence electrons. The van der Waals surface area contributed by atoms with Gasteiger partial charge in [-0.15, -0.1) is 0 Å². The molecule has 1 aromatic rings. The summed E-state index contributed by atoms with van der Waals surface area (Å²) >= 11 is 1.33. The molecule has 0 aliphatic carbocycles. The van der Waals surface area contributed by atoms with Gasteiger partial charge >= 0.3 is 5.97 Å². The molecule has 2 N–H and O–H groups in total. The van der Waals surface area contributed by atoms with Gasteiger partial charge in [0.15, 0.2) is 5.78 Å². The Hall–Kier alpha value is -1.82. The van der Waals surface area contributed by atoms with E-state index in [1.807, 2.05) is 0 Å². The third-order valence-corrected chi connectivity index (χ3v) is 3.40. The Balaban J connectivity index is 2.97. The molecule has 1 rings (SSSR count). The Morgan fingerprint density at radius 1 is 1.25 bits per heavy atom. The van der Waals surface area contributed by atoms with E-state index in [0.717, 1.165) is 0 Å². The number of carboxylic acid groups (broad SMARTS) is 1. The lowest BCUT2D eigenvalue weighted by Crippen LogP contribution is -2.43. The van der Waals surface area contributed by atoms with E-state index in [4.69, 9.17) is 5.11 Å². The van der Waals surface area contributed by atoms with Gasteiger partial charge in [-0.05, 0) is 12.3 Å². The number of carbonyl (C=O) groups is 3. The van der Waals surface area contributed by atoms with Gasteiger partial charge in [0.25, 0.3) is 5.91 Å². The molecule has 1 amide bonds. The number of ketones is 1. The van der Waals surface area contributed by atoms with Crippen LogP contribution in [0.5, 0.6) is 0 Å². The molecule has 0 heterocycles. The van der Waals surface area contributed by atoms with Gasteiger partial charge in [0.1, 0.15) is 6.04 Å². The molecule has 20 heavy (non-hydrogen) atoms. The molecule has 0 aliphatic rings. The Morgan fingerprint density at radius 3 is 2.35 bits per heavy atom. The first-order valence-corrected chi connectivity index (χ1v) is 7.55. The number of rotatable bonds is 7. The number of aliphatic carboxylic acids is 1. The first-order valence-electron chi connectivity index (χ1n) is 6.16. The lowest BCUT2D eigenvalue weighted by molar-refractivity contribution is -0.138. The molecule has 1 aromatic carbocycles. The minimum absolute atomic E-state index is 0.146. The van der Waals surface area contributed by atoms with Crippen molar-refractivity contribution in [2.45, 2.75) is 19.4 Å². The highest BCUT2D eigenvalue weighted by molar-refractivity contribution is 7.98. The number of Topliss-reactive ketones (excluding diaryl/α,β-unsaturated/α-hetero) is 1. The fraction of sp³-hybridized carbons (Fsp3) is 0.357. The molecule has 0 spiro atoms. The van der Waals surface area contributed by atoms with E-state index in [1.165, 1.54) is 17.8 Å². The summed E-state index contributed by atoms with van der Waals surface area (Å²) in [5, 5.41) is 11.5. The second-order valence-electron chi connectivity index (χ2n) is 4.14. The SMILES string of the molecule is CCC(=O)c1ccccc1C(=O)NC(CSC)C(=O)O. The highest BCUT2D eigenvalue weighted by Crippen LogP contribution is 2.12. The average molecular weight is 295 g/mol. The van der Waals surface area contributed by atoms with Crippen LogP contribution in [0.15, 0.2) is 24.3 Å². The van der Waals surface area contributed by atoms with E-state index in [9.17, 15) is 14.4 Å². The van der Waals surface area contributed by atoms with Gasteiger partial charge in [-0.3, -0.25) is 9.59 Å². The van der Waals surface area contributed by atoms with Crippen LogP contribution in [0, 0.1) is 0 Å². The van der Waals surface area contributed by atoms with Crippen LogP contribution in [0.3, 0.4) is 0 Å². The number of carbonyl (C=O) groups excluding carboxylic acids is 2. The lowest BCUT2D eigenvalue weighted by Gasteiger charge is -2.14. The van der Waals surface area contributed by atoms with Crippen LogP contribution < -0.4 is 5.32 Å². The quantitative estimate of drug-likeness (QED) is 0.750. The fourth-order valence-electron chi connectivity index (χ4n) is 1.69. The molecule has 0 radical (unpaired) electrons. The Labute approximate surface area is 121 Å². The average Bonchev–Trinajstić information content (AvgIpc) is 2.45. The molecule has 0 fully saturated rings. The van der Waals surface area contributed by atoms with Crippen molar-refractivity contribution in [3.05, 3.63) is 35.4 Å². The van der Waals surface area contributed by atoms with Crippen molar-refractivity contribution >= 4 is 29.4 Å². The maximum absolute atomic E-state index is 12.1. The molecule has 0 aliphatic heterocycles. The highest BCUT2D eigenvalue weighted by atomic mass is 32.2. The van der Waals surface area contributed by atoms with E-state index in [2.05, 4.69) is 5.32 Å². The van der Waals surface area contributed by atoms with Gasteiger partial charge in [0.05, 0.1) is 5.56 Å². The van der Waals surface area contributed by atoms with Crippen molar-refractivity contribution < 1.29 is 19.5 Å². The van der Waals surface area contributed by atoms with Gasteiger partial charge in [0.2, 0.25) is 0 Å². The van der Waals surface area contributed by atoms with Crippen molar-refractivity contribution in [1.82, 2.24) is 5.32 Å². The molecule has 5 nitrogen and oxygen atoms in total. The molecule has 1 unspecified atom stereocenters. The van der Waals surface area contributed by atoms with E-state index < -0.39 is 17.9 Å². The number of hydrogen-bond donors (Lipinski definition) is 2. The van der Waals surface area contributed by atoms with Gasteiger partial charge in [-0.1, -0.05) is 25.1 Å². The topological polar surface area (TPSA) is 83.5 Å². The summed E-state index contributed by atoms with van der Waals surface area (Å²) in [6, 6.07) is 5.45. The maximum Gasteiger partial charge on any atom is 0.327 e. The van der Waals surface area contributed by atoms with Crippen molar-refractivity contribution in [2.75, 3.05) is 12.0 Å². The van der Waals surface area contributed by atoms with Gasteiger partial charge < -0.3 is 10.4 Å². The Bertz CT molecular complexity index is 516. The summed E-state index contributed by atoms with van der Waals surface area (Å²) in [4.78, 5) is 35.0. The van der Waals surface area contributed by atoms with Crippen LogP contribution in [-0.2, 0) is 4.79 Å². The summed E-state index contributed by atoms with van der Waals surface area (Å²) in [7, 11) is 0. The summed E-state index contributed by atoms with van der Waals surface area (Å²) in [6.07, 6.45) is 2.05. The van der Waals surface area contributed by atoms with E-state index in [-0.39, 0.29) is 23.5 Å². The zero-order valence-electron chi connectivity index (χ0n) is 11.4. The van der Waals surface area contributed by atoms with Crippen molar-refractivity contribution in [2.24, 2.45) is 0 Å². The number of thioether (sulfide) groups is 1.